The van der Waals surface area contributed by atoms with E-state index in [0.29, 0.717) is 45.4 Å². The Morgan fingerprint density at radius 1 is 1.15 bits per heavy atom. The van der Waals surface area contributed by atoms with Crippen LogP contribution < -0.4 is 5.32 Å². The third kappa shape index (κ3) is 3.81. The van der Waals surface area contributed by atoms with Gasteiger partial charge >= 0.3 is 0 Å². The van der Waals surface area contributed by atoms with Crippen LogP contribution in [0.25, 0.3) is 22.1 Å². The van der Waals surface area contributed by atoms with Crippen LogP contribution in [0.4, 0.5) is 11.6 Å². The summed E-state index contributed by atoms with van der Waals surface area (Å²) < 4.78 is 1.53. The predicted octanol–water partition coefficient (Wildman–Crippen LogP) is 2.24. The average Bonchev–Trinajstić information content (AvgIpc) is 3.52. The Kier molecular flexibility index (Phi) is 5.27. The van der Waals surface area contributed by atoms with Crippen molar-refractivity contribution in [2.24, 2.45) is 7.05 Å². The van der Waals surface area contributed by atoms with E-state index < -0.39 is 5.60 Å². The monoisotopic (exact) mass is 483 g/mol. The maximum Gasteiger partial charge on any atom is 0.261 e. The minimum atomic E-state index is -1.64. The fraction of sp³-hybridized carbons (Fsp3) is 0.250. The number of hydrogen-bond acceptors (Lipinski definition) is 10. The number of likely N-dealkylation sites (tertiary alicyclic amines) is 1. The molecule has 1 saturated heterocycles. The summed E-state index contributed by atoms with van der Waals surface area (Å²) in [5.74, 6) is -0.0273. The Balaban J connectivity index is 1.42. The number of carbonyl (C=O) groups is 1. The molecule has 1 amide bonds. The Bertz CT molecular complexity index is 1360. The molecule has 5 rings (SSSR count). The van der Waals surface area contributed by atoms with Gasteiger partial charge in [0.25, 0.3) is 5.91 Å². The summed E-state index contributed by atoms with van der Waals surface area (Å²) in [6.45, 7) is 0.465. The van der Waals surface area contributed by atoms with Crippen molar-refractivity contribution in [1.29, 1.82) is 0 Å². The first-order chi connectivity index (χ1) is 15.8. The van der Waals surface area contributed by atoms with E-state index >= 15 is 0 Å². The highest BCUT2D eigenvalue weighted by Gasteiger charge is 2.48. The molecule has 4 aromatic heterocycles. The van der Waals surface area contributed by atoms with Crippen LogP contribution in [0.3, 0.4) is 0 Å². The van der Waals surface area contributed by atoms with Crippen molar-refractivity contribution in [1.82, 2.24) is 39.8 Å². The molecule has 11 nitrogen and oxygen atoms in total. The highest BCUT2D eigenvalue weighted by Crippen LogP contribution is 2.36. The van der Waals surface area contributed by atoms with Gasteiger partial charge in [-0.05, 0) is 18.2 Å². The van der Waals surface area contributed by atoms with Gasteiger partial charge in [0.1, 0.15) is 10.8 Å². The molecule has 5 heterocycles. The van der Waals surface area contributed by atoms with Gasteiger partial charge < -0.3 is 15.3 Å². The average molecular weight is 484 g/mol. The van der Waals surface area contributed by atoms with Gasteiger partial charge in [-0.2, -0.15) is 5.10 Å². The highest BCUT2D eigenvalue weighted by molar-refractivity contribution is 7.14. The number of amides is 1. The van der Waals surface area contributed by atoms with Crippen molar-refractivity contribution in [3.63, 3.8) is 0 Å². The smallest absolute Gasteiger partial charge is 0.261 e. The molecule has 0 saturated carbocycles. The second-order valence-corrected chi connectivity index (χ2v) is 8.86. The van der Waals surface area contributed by atoms with Crippen molar-refractivity contribution in [2.45, 2.75) is 12.0 Å². The van der Waals surface area contributed by atoms with Gasteiger partial charge in [0.2, 0.25) is 5.95 Å². The Morgan fingerprint density at radius 2 is 1.94 bits per heavy atom. The van der Waals surface area contributed by atoms with Crippen LogP contribution in [0.2, 0.25) is 5.15 Å². The molecule has 4 aromatic rings. The molecule has 1 aliphatic rings. The number of aliphatic hydroxyl groups is 1. The van der Waals surface area contributed by atoms with Crippen LogP contribution in [0, 0.1) is 0 Å². The number of aromatic nitrogens is 7. The van der Waals surface area contributed by atoms with Crippen LogP contribution in [-0.2, 0) is 17.4 Å². The van der Waals surface area contributed by atoms with Crippen LogP contribution in [0.5, 0.6) is 0 Å². The largest absolute Gasteiger partial charge is 0.373 e. The van der Waals surface area contributed by atoms with E-state index in [2.05, 4.69) is 35.6 Å². The van der Waals surface area contributed by atoms with Crippen LogP contribution in [-0.4, -0.2) is 64.4 Å². The quantitative estimate of drug-likeness (QED) is 0.438. The van der Waals surface area contributed by atoms with Crippen LogP contribution >= 0.6 is 22.9 Å². The molecule has 33 heavy (non-hydrogen) atoms. The van der Waals surface area contributed by atoms with E-state index in [1.165, 1.54) is 9.58 Å². The van der Waals surface area contributed by atoms with E-state index in [0.717, 1.165) is 11.3 Å². The van der Waals surface area contributed by atoms with Gasteiger partial charge in [-0.1, -0.05) is 29.0 Å². The topological polar surface area (TPSA) is 135 Å². The van der Waals surface area contributed by atoms with Gasteiger partial charge in [-0.25, -0.2) is 15.0 Å². The lowest BCUT2D eigenvalue weighted by Gasteiger charge is -2.16. The molecule has 0 spiro atoms. The van der Waals surface area contributed by atoms with Crippen molar-refractivity contribution in [3.05, 3.63) is 46.8 Å². The number of hydrogen-bond donors (Lipinski definition) is 2. The summed E-state index contributed by atoms with van der Waals surface area (Å²) in [7, 11) is 3.39. The van der Waals surface area contributed by atoms with E-state index in [1.807, 2.05) is 12.1 Å². The van der Waals surface area contributed by atoms with Gasteiger partial charge in [0, 0.05) is 33.3 Å². The molecule has 2 N–H and O–H groups in total. The number of pyridine rings is 1. The first-order valence-corrected chi connectivity index (χ1v) is 11.1. The maximum atomic E-state index is 12.4. The molecule has 0 bridgehead atoms. The van der Waals surface area contributed by atoms with E-state index in [9.17, 15) is 9.90 Å². The molecule has 1 aliphatic heterocycles. The number of nitrogens with one attached hydrogen (secondary N) is 1. The molecule has 0 aliphatic carbocycles. The summed E-state index contributed by atoms with van der Waals surface area (Å²) in [6.07, 6.45) is 3.48. The van der Waals surface area contributed by atoms with Gasteiger partial charge in [0.05, 0.1) is 23.3 Å². The van der Waals surface area contributed by atoms with Gasteiger partial charge in [-0.15, -0.1) is 10.2 Å². The van der Waals surface area contributed by atoms with Crippen LogP contribution in [0.15, 0.2) is 36.7 Å². The Hall–Kier alpha value is -3.48. The Morgan fingerprint density at radius 3 is 2.67 bits per heavy atom. The molecule has 0 radical (unpaired) electrons. The van der Waals surface area contributed by atoms with Gasteiger partial charge in [-0.3, -0.25) is 9.48 Å². The number of halogens is 1. The predicted molar refractivity (Wildman–Crippen MR) is 122 cm³/mol. The first-order valence-electron chi connectivity index (χ1n) is 9.92. The summed E-state index contributed by atoms with van der Waals surface area (Å²) >= 11 is 7.35. The molecule has 0 aromatic carbocycles. The number of likely N-dealkylation sites (N-methyl/N-ethyl adjacent to an activating group) is 1. The molecule has 168 valence electrons. The summed E-state index contributed by atoms with van der Waals surface area (Å²) in [6, 6.07) is 7.17. The standard InChI is InChI=1S/C20H18ClN9O2S/c1-29-9-7-20(32,18(29)31)17-28-27-16(33-17)13-5-3-4-11(24-13)12-6-8-22-19(25-12)26-14-10-23-30(2)15(14)21/h3-6,8,10,32H,7,9H2,1-2H3,(H,22,25,26)/t20-/m0/s1. The number of rotatable bonds is 5. The lowest BCUT2D eigenvalue weighted by atomic mass is 10.0. The van der Waals surface area contributed by atoms with E-state index in [4.69, 9.17) is 11.6 Å². The zero-order chi connectivity index (χ0) is 23.2. The second-order valence-electron chi connectivity index (χ2n) is 7.52. The summed E-state index contributed by atoms with van der Waals surface area (Å²) in [5, 5.41) is 27.4. The minimum Gasteiger partial charge on any atom is -0.373 e. The number of nitrogens with zero attached hydrogens (tertiary/aromatic N) is 8. The van der Waals surface area contributed by atoms with Crippen molar-refractivity contribution in [2.75, 3.05) is 18.9 Å². The highest BCUT2D eigenvalue weighted by atomic mass is 35.5. The molecule has 1 fully saturated rings. The third-order valence-electron chi connectivity index (χ3n) is 5.29. The normalized spacial score (nSPS) is 18.2. The first kappa shape index (κ1) is 21.4. The fourth-order valence-electron chi connectivity index (χ4n) is 3.43. The number of anilines is 2. The SMILES string of the molecule is CN1CC[C@](O)(c2nnc(-c3cccc(-c4ccnc(Nc5cnn(C)c5Cl)n4)n3)s2)C1=O. The molecule has 13 heteroatoms. The molecular formula is C20H18ClN9O2S. The second kappa shape index (κ2) is 8.14. The minimum absolute atomic E-state index is 0.265. The zero-order valence-electron chi connectivity index (χ0n) is 17.6. The van der Waals surface area contributed by atoms with Crippen LogP contribution in [0.1, 0.15) is 11.4 Å². The Labute approximate surface area is 197 Å². The molecular weight excluding hydrogens is 466 g/mol. The zero-order valence-corrected chi connectivity index (χ0v) is 19.2. The summed E-state index contributed by atoms with van der Waals surface area (Å²) in [4.78, 5) is 27.2. The van der Waals surface area contributed by atoms with Gasteiger partial charge in [0.15, 0.2) is 15.6 Å². The lowest BCUT2D eigenvalue weighted by Crippen LogP contribution is -2.35. The molecule has 1 atom stereocenters. The number of carbonyl (C=O) groups excluding carboxylic acids is 1. The van der Waals surface area contributed by atoms with Crippen molar-refractivity contribution in [3.8, 4) is 22.1 Å². The fourth-order valence-corrected chi connectivity index (χ4v) is 4.49. The maximum absolute atomic E-state index is 12.4. The third-order valence-corrected chi connectivity index (χ3v) is 6.83. The molecule has 0 unspecified atom stereocenters. The van der Waals surface area contributed by atoms with Crippen molar-refractivity contribution < 1.29 is 9.90 Å². The van der Waals surface area contributed by atoms with Crippen molar-refractivity contribution >= 4 is 40.5 Å². The lowest BCUT2D eigenvalue weighted by molar-refractivity contribution is -0.143. The van der Waals surface area contributed by atoms with E-state index in [-0.39, 0.29) is 17.3 Å². The number of aryl methyl sites for hydroxylation is 1. The summed E-state index contributed by atoms with van der Waals surface area (Å²) in [5.41, 5.74) is 0.697. The van der Waals surface area contributed by atoms with E-state index in [1.54, 1.807) is 38.6 Å².